The van der Waals surface area contributed by atoms with Gasteiger partial charge in [0.2, 0.25) is 16.9 Å². The number of aliphatic imine (C=N–C) groups is 1. The van der Waals surface area contributed by atoms with Crippen molar-refractivity contribution in [2.24, 2.45) is 4.99 Å². The fraction of sp³-hybridized carbons (Fsp3) is 0.176. The Hall–Kier alpha value is -3.38. The lowest BCUT2D eigenvalue weighted by Gasteiger charge is -2.08. The maximum atomic E-state index is 12.2. The molecule has 0 atom stereocenters. The highest BCUT2D eigenvalue weighted by atomic mass is 35.5. The van der Waals surface area contributed by atoms with Gasteiger partial charge in [-0.3, -0.25) is 10.7 Å². The summed E-state index contributed by atoms with van der Waals surface area (Å²) in [5, 5.41) is 13.6. The molecule has 2 aromatic heterocycles. The summed E-state index contributed by atoms with van der Waals surface area (Å²) in [6.07, 6.45) is -3.24. The highest BCUT2D eigenvalue weighted by molar-refractivity contribution is 6.28. The molecule has 0 amide bonds. The van der Waals surface area contributed by atoms with E-state index in [9.17, 15) is 13.2 Å². The first-order chi connectivity index (χ1) is 14.2. The molecule has 13 heteroatoms. The van der Waals surface area contributed by atoms with E-state index in [1.54, 1.807) is 18.3 Å². The zero-order valence-electron chi connectivity index (χ0n) is 15.3. The van der Waals surface area contributed by atoms with E-state index in [2.05, 4.69) is 29.8 Å². The lowest BCUT2D eigenvalue weighted by atomic mass is 10.2. The van der Waals surface area contributed by atoms with Crippen LogP contribution in [0.3, 0.4) is 0 Å². The molecule has 0 fully saturated rings. The molecule has 30 heavy (non-hydrogen) atoms. The van der Waals surface area contributed by atoms with Gasteiger partial charge in [0.15, 0.2) is 5.84 Å². The highest BCUT2D eigenvalue weighted by Crippen LogP contribution is 2.25. The second-order valence-corrected chi connectivity index (χ2v) is 6.16. The molecule has 0 aliphatic rings. The number of ether oxygens (including phenoxy) is 1. The first kappa shape index (κ1) is 21.3. The van der Waals surface area contributed by atoms with E-state index < -0.39 is 6.36 Å². The van der Waals surface area contributed by atoms with Crippen LogP contribution in [0, 0.1) is 5.41 Å². The van der Waals surface area contributed by atoms with Crippen LogP contribution in [-0.2, 0) is 6.54 Å². The van der Waals surface area contributed by atoms with Crippen LogP contribution in [0.5, 0.6) is 5.75 Å². The molecule has 0 aliphatic carbocycles. The van der Waals surface area contributed by atoms with E-state index in [-0.39, 0.29) is 28.6 Å². The zero-order chi connectivity index (χ0) is 21.7. The number of nitrogens with two attached hydrogens (primary N) is 1. The number of nitrogens with one attached hydrogen (secondary N) is 1. The number of hydrogen-bond donors (Lipinski definition) is 2. The summed E-state index contributed by atoms with van der Waals surface area (Å²) >= 11 is 5.73. The molecule has 3 N–H and O–H groups in total. The molecule has 9 nitrogen and oxygen atoms in total. The van der Waals surface area contributed by atoms with Gasteiger partial charge in [-0.15, -0.1) is 13.2 Å². The third-order valence-electron chi connectivity index (χ3n) is 3.55. The normalized spacial score (nSPS) is 12.1. The number of halogens is 4. The van der Waals surface area contributed by atoms with Crippen LogP contribution in [0.15, 0.2) is 46.0 Å². The average Bonchev–Trinajstić information content (AvgIpc) is 3.16. The summed E-state index contributed by atoms with van der Waals surface area (Å²) in [5.41, 5.74) is 1.08. The Morgan fingerprint density at radius 3 is 2.63 bits per heavy atom. The average molecular weight is 441 g/mol. The Morgan fingerprint density at radius 1 is 1.23 bits per heavy atom. The number of quaternary nitrogens is 1. The lowest BCUT2D eigenvalue weighted by molar-refractivity contribution is -0.558. The van der Waals surface area contributed by atoms with Crippen molar-refractivity contribution in [2.45, 2.75) is 19.8 Å². The van der Waals surface area contributed by atoms with E-state index in [4.69, 9.17) is 21.5 Å². The van der Waals surface area contributed by atoms with Crippen molar-refractivity contribution in [2.75, 3.05) is 0 Å². The topological polar surface area (TPSA) is 127 Å². The van der Waals surface area contributed by atoms with Crippen molar-refractivity contribution in [3.63, 3.8) is 0 Å². The Morgan fingerprint density at radius 2 is 1.97 bits per heavy atom. The summed E-state index contributed by atoms with van der Waals surface area (Å²) in [5.74, 6) is -0.161. The number of rotatable bonds is 5. The van der Waals surface area contributed by atoms with Gasteiger partial charge in [0.1, 0.15) is 12.3 Å². The molecule has 0 bridgehead atoms. The quantitative estimate of drug-likeness (QED) is 0.356. The first-order valence-corrected chi connectivity index (χ1v) is 8.72. The van der Waals surface area contributed by atoms with Crippen LogP contribution in [-0.4, -0.2) is 38.1 Å². The van der Waals surface area contributed by atoms with Gasteiger partial charge >= 0.3 is 6.36 Å². The number of aromatic nitrogens is 4. The van der Waals surface area contributed by atoms with Crippen LogP contribution >= 0.6 is 11.6 Å². The first-order valence-electron chi connectivity index (χ1n) is 8.34. The van der Waals surface area contributed by atoms with Crippen molar-refractivity contribution in [1.82, 2.24) is 20.1 Å². The summed E-state index contributed by atoms with van der Waals surface area (Å²) in [7, 11) is 0. The Bertz CT molecular complexity index is 1070. The minimum Gasteiger partial charge on any atom is -0.406 e. The van der Waals surface area contributed by atoms with Crippen molar-refractivity contribution < 1.29 is 27.7 Å². The molecule has 3 rings (SSSR count). The van der Waals surface area contributed by atoms with E-state index in [1.807, 2.05) is 0 Å². The highest BCUT2D eigenvalue weighted by Gasteiger charge is 2.31. The summed E-state index contributed by atoms with van der Waals surface area (Å²) in [6, 6.07) is 6.64. The molecule has 156 valence electrons. The summed E-state index contributed by atoms with van der Waals surface area (Å²) in [4.78, 5) is 16.0. The Labute approximate surface area is 172 Å². The predicted molar refractivity (Wildman–Crippen MR) is 99.0 cm³/mol. The second-order valence-electron chi connectivity index (χ2n) is 5.82. The van der Waals surface area contributed by atoms with E-state index in [0.29, 0.717) is 23.6 Å². The van der Waals surface area contributed by atoms with Gasteiger partial charge in [-0.2, -0.15) is 9.98 Å². The SMILES string of the molecule is CC(=NC(=N)c1nc(-c2ccc(OC(F)(F)F)cc2)no1)[NH2+]Cc1ccnc(Cl)n1. The molecule has 0 aliphatic heterocycles. The maximum absolute atomic E-state index is 12.2. The van der Waals surface area contributed by atoms with E-state index >= 15 is 0 Å². The molecule has 0 saturated heterocycles. The molecular formula is C17H14ClF3N7O2+. The third-order valence-corrected chi connectivity index (χ3v) is 3.74. The maximum Gasteiger partial charge on any atom is 0.573 e. The van der Waals surface area contributed by atoms with Gasteiger partial charge in [-0.05, 0) is 41.9 Å². The molecule has 1 aromatic carbocycles. The second kappa shape index (κ2) is 8.97. The van der Waals surface area contributed by atoms with Gasteiger partial charge < -0.3 is 9.26 Å². The Kier molecular flexibility index (Phi) is 6.37. The minimum atomic E-state index is -4.78. The van der Waals surface area contributed by atoms with Crippen molar-refractivity contribution in [3.05, 3.63) is 53.4 Å². The van der Waals surface area contributed by atoms with E-state index in [1.165, 1.54) is 18.3 Å². The van der Waals surface area contributed by atoms with Crippen LogP contribution < -0.4 is 10.1 Å². The van der Waals surface area contributed by atoms with Gasteiger partial charge in [-0.1, -0.05) is 5.16 Å². The van der Waals surface area contributed by atoms with Crippen LogP contribution in [0.4, 0.5) is 13.2 Å². The smallest absolute Gasteiger partial charge is 0.406 e. The largest absolute Gasteiger partial charge is 0.573 e. The number of alkyl halides is 3. The standard InChI is InChI=1S/C17H13ClF3N7O2/c1-9(24-8-11-6-7-23-16(18)26-11)25-13(22)15-27-14(28-30-15)10-2-4-12(5-3-10)29-17(19,20)21/h2-7H,8H2,1H3,(H2,22,24,25)/p+1. The molecular weight excluding hydrogens is 427 g/mol. The monoisotopic (exact) mass is 440 g/mol. The van der Waals surface area contributed by atoms with Crippen LogP contribution in [0.1, 0.15) is 18.5 Å². The minimum absolute atomic E-state index is 0.0979. The predicted octanol–water partition coefficient (Wildman–Crippen LogP) is 2.59. The van der Waals surface area contributed by atoms with Crippen molar-refractivity contribution in [1.29, 1.82) is 5.41 Å². The van der Waals surface area contributed by atoms with Gasteiger partial charge in [0.05, 0.1) is 5.69 Å². The zero-order valence-corrected chi connectivity index (χ0v) is 16.1. The number of nitrogens with zero attached hydrogens (tertiary/aromatic N) is 5. The fourth-order valence-electron chi connectivity index (χ4n) is 2.25. The molecule has 0 spiro atoms. The summed E-state index contributed by atoms with van der Waals surface area (Å²) < 4.78 is 45.5. The molecule has 0 radical (unpaired) electrons. The molecule has 0 unspecified atom stereocenters. The van der Waals surface area contributed by atoms with Gasteiger partial charge in [0.25, 0.3) is 5.89 Å². The molecule has 0 saturated carbocycles. The van der Waals surface area contributed by atoms with Gasteiger partial charge in [-0.25, -0.2) is 9.97 Å². The van der Waals surface area contributed by atoms with Crippen molar-refractivity contribution in [3.8, 4) is 17.1 Å². The fourth-order valence-corrected chi connectivity index (χ4v) is 2.41. The number of benzene rings is 1. The lowest BCUT2D eigenvalue weighted by Crippen LogP contribution is -2.86. The van der Waals surface area contributed by atoms with Crippen LogP contribution in [0.2, 0.25) is 5.28 Å². The Balaban J connectivity index is 1.63. The third kappa shape index (κ3) is 6.06. The van der Waals surface area contributed by atoms with Gasteiger partial charge in [0, 0.05) is 18.7 Å². The number of hydrogen-bond acceptors (Lipinski definition) is 7. The molecule has 2 heterocycles. The number of amidine groups is 2. The molecule has 3 aromatic rings. The summed E-state index contributed by atoms with van der Waals surface area (Å²) in [6.45, 7) is 2.13. The van der Waals surface area contributed by atoms with Crippen molar-refractivity contribution >= 4 is 23.3 Å². The van der Waals surface area contributed by atoms with E-state index in [0.717, 1.165) is 12.1 Å². The van der Waals surface area contributed by atoms with Crippen LogP contribution in [0.25, 0.3) is 11.4 Å².